The van der Waals surface area contributed by atoms with Gasteiger partial charge >= 0.3 is 6.18 Å². The van der Waals surface area contributed by atoms with E-state index in [0.717, 1.165) is 40.1 Å². The summed E-state index contributed by atoms with van der Waals surface area (Å²) in [6.45, 7) is 0.437. The van der Waals surface area contributed by atoms with E-state index in [-0.39, 0.29) is 17.9 Å². The summed E-state index contributed by atoms with van der Waals surface area (Å²) in [5.74, 6) is 0.320. The van der Waals surface area contributed by atoms with Gasteiger partial charge in [-0.05, 0) is 68.2 Å². The van der Waals surface area contributed by atoms with Gasteiger partial charge in [-0.3, -0.25) is 4.79 Å². The molecule has 1 atom stereocenters. The number of likely N-dealkylation sites (N-methyl/N-ethyl adjacent to an activating group) is 1. The van der Waals surface area contributed by atoms with Gasteiger partial charge in [0.05, 0.1) is 18.9 Å². The normalized spacial score (nSPS) is 18.8. The standard InChI is InChI=1S/C26H27F3N2O4/c1-30-8-3-4-18(30)13-34-19-5-6-20-21(14-35-22(20)12-19)17-10-16-7-9-31(15-26(27,28)29)25(32)24(16)23(11-17)33-2/h5-6,10-12,14,18H,3-4,7-9,13,15H2,1-2H3. The Labute approximate surface area is 201 Å². The summed E-state index contributed by atoms with van der Waals surface area (Å²) in [5, 5.41) is 0.873. The molecule has 2 aliphatic heterocycles. The third-order valence-corrected chi connectivity index (χ3v) is 6.90. The van der Waals surface area contributed by atoms with E-state index in [2.05, 4.69) is 11.9 Å². The lowest BCUT2D eigenvalue weighted by molar-refractivity contribution is -0.141. The van der Waals surface area contributed by atoms with Crippen molar-refractivity contribution in [1.29, 1.82) is 0 Å². The number of hydrogen-bond acceptors (Lipinski definition) is 5. The number of hydrogen-bond donors (Lipinski definition) is 0. The number of alkyl halides is 3. The lowest BCUT2D eigenvalue weighted by Gasteiger charge is -2.30. The number of methoxy groups -OCH3 is 1. The van der Waals surface area contributed by atoms with Gasteiger partial charge in [0.25, 0.3) is 5.91 Å². The highest BCUT2D eigenvalue weighted by Crippen LogP contribution is 2.39. The largest absolute Gasteiger partial charge is 0.496 e. The number of fused-ring (bicyclic) bond motifs is 2. The van der Waals surface area contributed by atoms with Crippen molar-refractivity contribution >= 4 is 16.9 Å². The molecule has 2 aromatic carbocycles. The Kier molecular flexibility index (Phi) is 6.13. The highest BCUT2D eigenvalue weighted by atomic mass is 19.4. The van der Waals surface area contributed by atoms with Gasteiger partial charge in [-0.15, -0.1) is 0 Å². The van der Waals surface area contributed by atoms with Gasteiger partial charge in [-0.25, -0.2) is 0 Å². The Bertz CT molecular complexity index is 1240. The quantitative estimate of drug-likeness (QED) is 0.481. The molecule has 0 spiro atoms. The van der Waals surface area contributed by atoms with Crippen molar-refractivity contribution in [3.05, 3.63) is 47.7 Å². The Balaban J connectivity index is 1.41. The smallest absolute Gasteiger partial charge is 0.406 e. The lowest BCUT2D eigenvalue weighted by atomic mass is 9.92. The first-order chi connectivity index (χ1) is 16.7. The summed E-state index contributed by atoms with van der Waals surface area (Å²) in [7, 11) is 3.52. The number of ether oxygens (including phenoxy) is 2. The summed E-state index contributed by atoms with van der Waals surface area (Å²) >= 11 is 0. The highest BCUT2D eigenvalue weighted by Gasteiger charge is 2.37. The summed E-state index contributed by atoms with van der Waals surface area (Å²) in [4.78, 5) is 15.9. The van der Waals surface area contributed by atoms with Crippen LogP contribution >= 0.6 is 0 Å². The molecule has 0 aliphatic carbocycles. The molecule has 3 aromatic rings. The summed E-state index contributed by atoms with van der Waals surface area (Å²) in [6.07, 6.45) is -0.196. The fraction of sp³-hybridized carbons (Fsp3) is 0.423. The molecular weight excluding hydrogens is 461 g/mol. The molecule has 0 N–H and O–H groups in total. The maximum absolute atomic E-state index is 12.9. The predicted octanol–water partition coefficient (Wildman–Crippen LogP) is 5.14. The van der Waals surface area contributed by atoms with E-state index < -0.39 is 18.6 Å². The third-order valence-electron chi connectivity index (χ3n) is 6.90. The monoisotopic (exact) mass is 488 g/mol. The van der Waals surface area contributed by atoms with E-state index in [1.165, 1.54) is 13.5 Å². The average molecular weight is 489 g/mol. The molecule has 1 aromatic heterocycles. The van der Waals surface area contributed by atoms with E-state index in [9.17, 15) is 18.0 Å². The van der Waals surface area contributed by atoms with Crippen LogP contribution in [-0.2, 0) is 6.42 Å². The summed E-state index contributed by atoms with van der Waals surface area (Å²) < 4.78 is 55.9. The lowest BCUT2D eigenvalue weighted by Crippen LogP contribution is -2.43. The minimum Gasteiger partial charge on any atom is -0.496 e. The van der Waals surface area contributed by atoms with Crippen molar-refractivity contribution in [2.75, 3.05) is 40.4 Å². The number of carbonyl (C=O) groups excluding carboxylic acids is 1. The predicted molar refractivity (Wildman–Crippen MR) is 125 cm³/mol. The number of likely N-dealkylation sites (tertiary alicyclic amines) is 1. The number of nitrogens with zero attached hydrogens (tertiary/aromatic N) is 2. The molecule has 0 bridgehead atoms. The van der Waals surface area contributed by atoms with Crippen LogP contribution in [0.25, 0.3) is 22.1 Å². The zero-order valence-corrected chi connectivity index (χ0v) is 19.7. The van der Waals surface area contributed by atoms with Crippen molar-refractivity contribution in [3.8, 4) is 22.6 Å². The van der Waals surface area contributed by atoms with Gasteiger partial charge in [-0.1, -0.05) is 0 Å². The van der Waals surface area contributed by atoms with Gasteiger partial charge < -0.3 is 23.7 Å². The van der Waals surface area contributed by atoms with Crippen molar-refractivity contribution in [3.63, 3.8) is 0 Å². The van der Waals surface area contributed by atoms with Gasteiger partial charge in [0.2, 0.25) is 0 Å². The molecule has 9 heteroatoms. The molecule has 0 radical (unpaired) electrons. The van der Waals surface area contributed by atoms with Crippen LogP contribution in [0.3, 0.4) is 0 Å². The number of carbonyl (C=O) groups is 1. The van der Waals surface area contributed by atoms with Gasteiger partial charge in [0.1, 0.15) is 30.2 Å². The van der Waals surface area contributed by atoms with E-state index in [1.807, 2.05) is 24.3 Å². The molecule has 186 valence electrons. The van der Waals surface area contributed by atoms with E-state index in [4.69, 9.17) is 13.9 Å². The second-order valence-corrected chi connectivity index (χ2v) is 9.20. The Morgan fingerprint density at radius 2 is 2.00 bits per heavy atom. The highest BCUT2D eigenvalue weighted by molar-refractivity contribution is 6.02. The minimum absolute atomic E-state index is 0.000959. The van der Waals surface area contributed by atoms with Crippen molar-refractivity contribution < 1.29 is 31.9 Å². The Morgan fingerprint density at radius 3 is 2.71 bits per heavy atom. The average Bonchev–Trinajstić information content (AvgIpc) is 3.43. The molecule has 1 amide bonds. The van der Waals surface area contributed by atoms with Gasteiger partial charge in [-0.2, -0.15) is 13.2 Å². The van der Waals surface area contributed by atoms with Crippen LogP contribution in [-0.4, -0.2) is 68.3 Å². The van der Waals surface area contributed by atoms with Gasteiger partial charge in [0, 0.05) is 29.6 Å². The fourth-order valence-electron chi connectivity index (χ4n) is 5.02. The maximum Gasteiger partial charge on any atom is 0.406 e. The van der Waals surface area contributed by atoms with Crippen LogP contribution in [0.5, 0.6) is 11.5 Å². The number of halogens is 3. The van der Waals surface area contributed by atoms with Crippen LogP contribution in [0.2, 0.25) is 0 Å². The summed E-state index contributed by atoms with van der Waals surface area (Å²) in [5.41, 5.74) is 3.11. The maximum atomic E-state index is 12.9. The molecule has 1 fully saturated rings. The third kappa shape index (κ3) is 4.69. The molecule has 0 saturated carbocycles. The molecule has 2 aliphatic rings. The van der Waals surface area contributed by atoms with Crippen LogP contribution in [0.1, 0.15) is 28.8 Å². The molecular formula is C26H27F3N2O4. The minimum atomic E-state index is -4.45. The second-order valence-electron chi connectivity index (χ2n) is 9.20. The molecule has 6 nitrogen and oxygen atoms in total. The Hall–Kier alpha value is -3.20. The number of rotatable bonds is 6. The number of furan rings is 1. The van der Waals surface area contributed by atoms with Crippen molar-refractivity contribution in [2.45, 2.75) is 31.5 Å². The van der Waals surface area contributed by atoms with Crippen LogP contribution in [0.4, 0.5) is 13.2 Å². The summed E-state index contributed by atoms with van der Waals surface area (Å²) in [6, 6.07) is 9.64. The van der Waals surface area contributed by atoms with E-state index >= 15 is 0 Å². The molecule has 35 heavy (non-hydrogen) atoms. The van der Waals surface area contributed by atoms with Crippen molar-refractivity contribution in [1.82, 2.24) is 9.80 Å². The zero-order chi connectivity index (χ0) is 24.7. The fourth-order valence-corrected chi connectivity index (χ4v) is 5.02. The van der Waals surface area contributed by atoms with E-state index in [0.29, 0.717) is 30.2 Å². The number of benzene rings is 2. The van der Waals surface area contributed by atoms with Crippen LogP contribution in [0, 0.1) is 0 Å². The zero-order valence-electron chi connectivity index (χ0n) is 19.7. The molecule has 1 saturated heterocycles. The van der Waals surface area contributed by atoms with Crippen molar-refractivity contribution in [2.24, 2.45) is 0 Å². The van der Waals surface area contributed by atoms with Gasteiger partial charge in [0.15, 0.2) is 0 Å². The SMILES string of the molecule is COc1cc(-c2coc3cc(OCC4CCCN4C)ccc23)cc2c1C(=O)N(CC(F)(F)F)CC2. The molecule has 1 unspecified atom stereocenters. The molecule has 3 heterocycles. The Morgan fingerprint density at radius 1 is 1.17 bits per heavy atom. The van der Waals surface area contributed by atoms with Crippen LogP contribution < -0.4 is 9.47 Å². The molecule has 5 rings (SSSR count). The first kappa shape index (κ1) is 23.5. The first-order valence-corrected chi connectivity index (χ1v) is 11.6. The first-order valence-electron chi connectivity index (χ1n) is 11.6. The second kappa shape index (κ2) is 9.11. The topological polar surface area (TPSA) is 55.2 Å². The van der Waals surface area contributed by atoms with Crippen LogP contribution in [0.15, 0.2) is 41.0 Å². The number of amides is 1. The van der Waals surface area contributed by atoms with E-state index in [1.54, 1.807) is 12.3 Å².